The lowest BCUT2D eigenvalue weighted by Crippen LogP contribution is -2.13. The fraction of sp³-hybridized carbons (Fsp3) is 0.0556. The quantitative estimate of drug-likeness (QED) is 0.655. The fourth-order valence-corrected chi connectivity index (χ4v) is 2.04. The summed E-state index contributed by atoms with van der Waals surface area (Å²) >= 11 is 5.80. The maximum Gasteiger partial charge on any atom is 0.266 e. The van der Waals surface area contributed by atoms with Gasteiger partial charge in [0, 0.05) is 23.3 Å². The third kappa shape index (κ3) is 4.97. The molecule has 0 unspecified atom stereocenters. The molecule has 2 N–H and O–H groups in total. The maximum atomic E-state index is 12.2. The van der Waals surface area contributed by atoms with Crippen LogP contribution in [0.15, 0.2) is 54.1 Å². The average molecular weight is 340 g/mol. The van der Waals surface area contributed by atoms with Crippen LogP contribution in [0, 0.1) is 11.3 Å². The van der Waals surface area contributed by atoms with Crippen molar-refractivity contribution in [1.82, 2.24) is 0 Å². The minimum Gasteiger partial charge on any atom is -0.326 e. The van der Waals surface area contributed by atoms with Gasteiger partial charge in [0.2, 0.25) is 5.91 Å². The van der Waals surface area contributed by atoms with Crippen molar-refractivity contribution in [2.45, 2.75) is 6.92 Å². The molecular weight excluding hydrogens is 326 g/mol. The summed E-state index contributed by atoms with van der Waals surface area (Å²) < 4.78 is 0. The number of halogens is 1. The highest BCUT2D eigenvalue weighted by molar-refractivity contribution is 6.30. The number of carbonyl (C=O) groups is 2. The molecule has 0 saturated carbocycles. The Labute approximate surface area is 144 Å². The summed E-state index contributed by atoms with van der Waals surface area (Å²) in [5.41, 5.74) is 1.82. The molecule has 0 bridgehead atoms. The summed E-state index contributed by atoms with van der Waals surface area (Å²) in [6, 6.07) is 15.3. The van der Waals surface area contributed by atoms with Gasteiger partial charge in [-0.25, -0.2) is 0 Å². The highest BCUT2D eigenvalue weighted by atomic mass is 35.5. The molecular formula is C18H14ClN3O2. The Bertz CT molecular complexity index is 819. The van der Waals surface area contributed by atoms with Gasteiger partial charge in [0.05, 0.1) is 0 Å². The average Bonchev–Trinajstić information content (AvgIpc) is 2.55. The normalized spacial score (nSPS) is 10.6. The largest absolute Gasteiger partial charge is 0.326 e. The van der Waals surface area contributed by atoms with Crippen LogP contribution in [0.5, 0.6) is 0 Å². The summed E-state index contributed by atoms with van der Waals surface area (Å²) in [7, 11) is 0. The van der Waals surface area contributed by atoms with Gasteiger partial charge in [-0.1, -0.05) is 23.7 Å². The molecule has 0 atom stereocenters. The van der Waals surface area contributed by atoms with Crippen LogP contribution in [0.3, 0.4) is 0 Å². The van der Waals surface area contributed by atoms with Crippen LogP contribution in [0.25, 0.3) is 6.08 Å². The van der Waals surface area contributed by atoms with Crippen molar-refractivity contribution >= 4 is 40.9 Å². The molecule has 2 aromatic rings. The van der Waals surface area contributed by atoms with Gasteiger partial charge in [-0.15, -0.1) is 0 Å². The van der Waals surface area contributed by atoms with E-state index in [1.807, 2.05) is 6.07 Å². The molecule has 0 aliphatic carbocycles. The van der Waals surface area contributed by atoms with Gasteiger partial charge in [-0.2, -0.15) is 5.26 Å². The number of amides is 2. The second-order valence-electron chi connectivity index (χ2n) is 4.93. The molecule has 120 valence electrons. The van der Waals surface area contributed by atoms with E-state index in [1.54, 1.807) is 48.5 Å². The lowest BCUT2D eigenvalue weighted by Gasteiger charge is -2.06. The minimum absolute atomic E-state index is 0.0248. The number of rotatable bonds is 4. The molecule has 0 spiro atoms. The highest BCUT2D eigenvalue weighted by Gasteiger charge is 2.09. The van der Waals surface area contributed by atoms with Crippen LogP contribution < -0.4 is 10.6 Å². The molecule has 5 nitrogen and oxygen atoms in total. The van der Waals surface area contributed by atoms with Gasteiger partial charge in [0.1, 0.15) is 11.6 Å². The van der Waals surface area contributed by atoms with Crippen LogP contribution in [0.4, 0.5) is 11.4 Å². The number of carbonyl (C=O) groups excluding carboxylic acids is 2. The van der Waals surface area contributed by atoms with Gasteiger partial charge in [-0.05, 0) is 48.0 Å². The van der Waals surface area contributed by atoms with Crippen molar-refractivity contribution in [3.63, 3.8) is 0 Å². The SMILES string of the molecule is CC(=O)Nc1ccc(NC(=O)C(C#N)=Cc2ccc(Cl)cc2)cc1. The standard InChI is InChI=1S/C18H14ClN3O2/c1-12(23)21-16-6-8-17(9-7-16)22-18(24)14(11-20)10-13-2-4-15(19)5-3-13/h2-10H,1H3,(H,21,23)(H,22,24). The first-order chi connectivity index (χ1) is 11.5. The summed E-state index contributed by atoms with van der Waals surface area (Å²) in [6.07, 6.45) is 1.48. The molecule has 2 aromatic carbocycles. The zero-order valence-electron chi connectivity index (χ0n) is 12.8. The van der Waals surface area contributed by atoms with E-state index in [-0.39, 0.29) is 11.5 Å². The Balaban J connectivity index is 2.10. The van der Waals surface area contributed by atoms with Crippen molar-refractivity contribution in [2.24, 2.45) is 0 Å². The smallest absolute Gasteiger partial charge is 0.266 e. The number of hydrogen-bond donors (Lipinski definition) is 2. The molecule has 0 aliphatic rings. The molecule has 0 aromatic heterocycles. The molecule has 0 saturated heterocycles. The third-order valence-corrected chi connectivity index (χ3v) is 3.26. The topological polar surface area (TPSA) is 82.0 Å². The fourth-order valence-electron chi connectivity index (χ4n) is 1.91. The van der Waals surface area contributed by atoms with Crippen molar-refractivity contribution in [1.29, 1.82) is 5.26 Å². The zero-order valence-corrected chi connectivity index (χ0v) is 13.6. The second-order valence-corrected chi connectivity index (χ2v) is 5.37. The molecule has 2 amide bonds. The van der Waals surface area contributed by atoms with E-state index in [2.05, 4.69) is 10.6 Å². The van der Waals surface area contributed by atoms with Crippen molar-refractivity contribution in [3.8, 4) is 6.07 Å². The second kappa shape index (κ2) is 7.95. The van der Waals surface area contributed by atoms with E-state index in [4.69, 9.17) is 11.6 Å². The number of hydrogen-bond acceptors (Lipinski definition) is 3. The van der Waals surface area contributed by atoms with Crippen LogP contribution in [0.1, 0.15) is 12.5 Å². The molecule has 0 radical (unpaired) electrons. The van der Waals surface area contributed by atoms with Crippen molar-refractivity contribution in [2.75, 3.05) is 10.6 Å². The Hall–Kier alpha value is -3.10. The lowest BCUT2D eigenvalue weighted by atomic mass is 10.1. The number of benzene rings is 2. The predicted octanol–water partition coefficient (Wildman–Crippen LogP) is 3.84. The van der Waals surface area contributed by atoms with Gasteiger partial charge in [0.25, 0.3) is 5.91 Å². The van der Waals surface area contributed by atoms with E-state index < -0.39 is 5.91 Å². The first-order valence-electron chi connectivity index (χ1n) is 7.04. The van der Waals surface area contributed by atoms with Crippen LogP contribution in [-0.4, -0.2) is 11.8 Å². The van der Waals surface area contributed by atoms with Crippen molar-refractivity contribution in [3.05, 3.63) is 64.7 Å². The van der Waals surface area contributed by atoms with Gasteiger partial charge in [-0.3, -0.25) is 9.59 Å². The Kier molecular flexibility index (Phi) is 5.72. The summed E-state index contributed by atoms with van der Waals surface area (Å²) in [5, 5.41) is 15.0. The molecule has 6 heteroatoms. The van der Waals surface area contributed by atoms with Gasteiger partial charge < -0.3 is 10.6 Å². The Morgan fingerprint density at radius 3 is 2.04 bits per heavy atom. The first kappa shape index (κ1) is 17.3. The minimum atomic E-state index is -0.514. The van der Waals surface area contributed by atoms with Gasteiger partial charge in [0.15, 0.2) is 0 Å². The van der Waals surface area contributed by atoms with Crippen molar-refractivity contribution < 1.29 is 9.59 Å². The van der Waals surface area contributed by atoms with Crippen LogP contribution >= 0.6 is 11.6 Å². The van der Waals surface area contributed by atoms with Crippen LogP contribution in [0.2, 0.25) is 5.02 Å². The summed E-state index contributed by atoms with van der Waals surface area (Å²) in [6.45, 7) is 1.41. The van der Waals surface area contributed by atoms with E-state index in [0.717, 1.165) is 0 Å². The molecule has 2 rings (SSSR count). The van der Waals surface area contributed by atoms with Crippen LogP contribution in [-0.2, 0) is 9.59 Å². The van der Waals surface area contributed by atoms with E-state index >= 15 is 0 Å². The molecule has 0 fully saturated rings. The number of nitriles is 1. The Morgan fingerprint density at radius 1 is 1.00 bits per heavy atom. The number of anilines is 2. The summed E-state index contributed by atoms with van der Waals surface area (Å²) in [4.78, 5) is 23.1. The molecule has 0 heterocycles. The van der Waals surface area contributed by atoms with E-state index in [0.29, 0.717) is 22.0 Å². The van der Waals surface area contributed by atoms with E-state index in [9.17, 15) is 14.9 Å². The zero-order chi connectivity index (χ0) is 17.5. The van der Waals surface area contributed by atoms with Gasteiger partial charge >= 0.3 is 0 Å². The summed E-state index contributed by atoms with van der Waals surface area (Å²) in [5.74, 6) is -0.691. The first-order valence-corrected chi connectivity index (χ1v) is 7.42. The molecule has 0 aliphatic heterocycles. The molecule has 24 heavy (non-hydrogen) atoms. The number of nitrogens with zero attached hydrogens (tertiary/aromatic N) is 1. The predicted molar refractivity (Wildman–Crippen MR) is 94.4 cm³/mol. The lowest BCUT2D eigenvalue weighted by molar-refractivity contribution is -0.114. The third-order valence-electron chi connectivity index (χ3n) is 3.01. The Morgan fingerprint density at radius 2 is 1.54 bits per heavy atom. The highest BCUT2D eigenvalue weighted by Crippen LogP contribution is 2.16. The monoisotopic (exact) mass is 339 g/mol. The maximum absolute atomic E-state index is 12.2. The number of nitrogens with one attached hydrogen (secondary N) is 2. The van der Waals surface area contributed by atoms with E-state index in [1.165, 1.54) is 13.0 Å².